The third kappa shape index (κ3) is 8.35. The van der Waals surface area contributed by atoms with E-state index >= 15 is 0 Å². The van der Waals surface area contributed by atoms with E-state index in [1.165, 1.54) is 18.2 Å². The molecule has 27 heavy (non-hydrogen) atoms. The standard InChI is InChI=1S/C17H27N3O6S/c1-17(2,3)26-16(21)18-12-8-5-9-13-19-27(23,24)15-11-7-6-10-14(15)20(22)25-4/h6-7,10-11,19H,5,8-9,12-13H2,1-4H3/p+1. The van der Waals surface area contributed by atoms with E-state index < -0.39 is 21.7 Å². The van der Waals surface area contributed by atoms with E-state index in [1.807, 2.05) is 0 Å². The zero-order valence-corrected chi connectivity index (χ0v) is 17.0. The first-order valence-electron chi connectivity index (χ1n) is 8.64. The van der Waals surface area contributed by atoms with E-state index in [0.29, 0.717) is 25.8 Å². The predicted octanol–water partition coefficient (Wildman–Crippen LogP) is 2.63. The van der Waals surface area contributed by atoms with Crippen LogP contribution >= 0.6 is 0 Å². The van der Waals surface area contributed by atoms with Crippen molar-refractivity contribution in [2.45, 2.75) is 50.5 Å². The average molecular weight is 402 g/mol. The predicted molar refractivity (Wildman–Crippen MR) is 100 cm³/mol. The molecule has 0 fully saturated rings. The van der Waals surface area contributed by atoms with Crippen molar-refractivity contribution in [3.05, 3.63) is 29.2 Å². The molecule has 0 radical (unpaired) electrons. The first-order valence-corrected chi connectivity index (χ1v) is 10.1. The van der Waals surface area contributed by atoms with E-state index in [0.717, 1.165) is 7.11 Å². The summed E-state index contributed by atoms with van der Waals surface area (Å²) in [5.74, 6) is 0. The topological polar surface area (TPSA) is 114 Å². The molecule has 0 aliphatic carbocycles. The molecule has 0 aliphatic heterocycles. The molecule has 0 aliphatic rings. The lowest BCUT2D eigenvalue weighted by atomic mass is 10.2. The number of rotatable bonds is 10. The number of carbonyl (C=O) groups excluding carboxylic acids is 1. The summed E-state index contributed by atoms with van der Waals surface area (Å²) < 4.78 is 32.3. The Kier molecular flexibility index (Phi) is 8.64. The third-order valence-electron chi connectivity index (χ3n) is 3.33. The molecule has 0 heterocycles. The van der Waals surface area contributed by atoms with E-state index in [-0.39, 0.29) is 22.1 Å². The van der Waals surface area contributed by atoms with E-state index in [2.05, 4.69) is 14.9 Å². The second-order valence-electron chi connectivity index (χ2n) is 6.79. The van der Waals surface area contributed by atoms with Crippen LogP contribution < -0.4 is 10.0 Å². The summed E-state index contributed by atoms with van der Waals surface area (Å²) in [6.07, 6.45) is 1.52. The highest BCUT2D eigenvalue weighted by Crippen LogP contribution is 2.23. The number of para-hydroxylation sites is 1. The zero-order chi connectivity index (χ0) is 20.5. The molecule has 0 atom stereocenters. The number of nitrogens with zero attached hydrogens (tertiary/aromatic N) is 1. The summed E-state index contributed by atoms with van der Waals surface area (Å²) in [7, 11) is -2.67. The van der Waals surface area contributed by atoms with Crippen LogP contribution in [-0.4, -0.2) is 45.2 Å². The van der Waals surface area contributed by atoms with Gasteiger partial charge >= 0.3 is 11.8 Å². The Bertz CT molecular complexity index is 743. The summed E-state index contributed by atoms with van der Waals surface area (Å²) in [5.41, 5.74) is -0.629. The van der Waals surface area contributed by atoms with Gasteiger partial charge in [0.05, 0.1) is 4.91 Å². The Morgan fingerprint density at radius 1 is 1.11 bits per heavy atom. The fraction of sp³-hybridized carbons (Fsp3) is 0.588. The normalized spacial score (nSPS) is 11.7. The van der Waals surface area contributed by atoms with Crippen molar-refractivity contribution in [2.24, 2.45) is 0 Å². The van der Waals surface area contributed by atoms with Crippen molar-refractivity contribution < 1.29 is 27.7 Å². The van der Waals surface area contributed by atoms with Gasteiger partial charge in [-0.05, 0) is 39.7 Å². The van der Waals surface area contributed by atoms with Crippen LogP contribution in [0.4, 0.5) is 10.5 Å². The maximum absolute atomic E-state index is 12.4. The molecule has 0 bridgehead atoms. The van der Waals surface area contributed by atoms with Crippen LogP contribution in [0.5, 0.6) is 0 Å². The van der Waals surface area contributed by atoms with Crippen LogP contribution in [0.25, 0.3) is 0 Å². The van der Waals surface area contributed by atoms with Crippen molar-refractivity contribution >= 4 is 21.8 Å². The lowest BCUT2D eigenvalue weighted by Gasteiger charge is -2.19. The number of hydrogen-bond acceptors (Lipinski definition) is 6. The van der Waals surface area contributed by atoms with Crippen molar-refractivity contribution in [1.82, 2.24) is 10.0 Å². The smallest absolute Gasteiger partial charge is 0.407 e. The van der Waals surface area contributed by atoms with Crippen molar-refractivity contribution in [3.8, 4) is 0 Å². The molecule has 0 saturated heterocycles. The van der Waals surface area contributed by atoms with E-state index in [9.17, 15) is 18.1 Å². The van der Waals surface area contributed by atoms with Crippen LogP contribution in [0, 0.1) is 4.91 Å². The molecule has 1 aromatic rings. The minimum atomic E-state index is -3.83. The molecule has 152 valence electrons. The van der Waals surface area contributed by atoms with Crippen LogP contribution in [0.3, 0.4) is 0 Å². The molecule has 0 unspecified atom stereocenters. The summed E-state index contributed by atoms with van der Waals surface area (Å²) in [5, 5.41) is 2.64. The summed E-state index contributed by atoms with van der Waals surface area (Å²) in [6.45, 7) is 6.03. The number of unbranched alkanes of at least 4 members (excludes halogenated alkanes) is 2. The largest absolute Gasteiger partial charge is 0.444 e. The number of nitrogens with one attached hydrogen (secondary N) is 2. The number of carbonyl (C=O) groups is 1. The summed E-state index contributed by atoms with van der Waals surface area (Å²) >= 11 is 0. The lowest BCUT2D eigenvalue weighted by Crippen LogP contribution is -2.33. The molecular weight excluding hydrogens is 374 g/mol. The van der Waals surface area contributed by atoms with Crippen LogP contribution in [0.2, 0.25) is 0 Å². The number of alkyl carbamates (subject to hydrolysis) is 1. The molecule has 1 amide bonds. The molecule has 2 N–H and O–H groups in total. The quantitative estimate of drug-likeness (QED) is 0.459. The monoisotopic (exact) mass is 402 g/mol. The molecule has 1 aromatic carbocycles. The van der Waals surface area contributed by atoms with Gasteiger partial charge in [0, 0.05) is 19.2 Å². The molecular formula is C17H28N3O6S+. The van der Waals surface area contributed by atoms with Crippen LogP contribution in [0.1, 0.15) is 40.0 Å². The Labute approximate surface area is 160 Å². The highest BCUT2D eigenvalue weighted by Gasteiger charge is 2.28. The Morgan fingerprint density at radius 2 is 1.74 bits per heavy atom. The summed E-state index contributed by atoms with van der Waals surface area (Å²) in [6, 6.07) is 5.79. The van der Waals surface area contributed by atoms with Gasteiger partial charge in [0.15, 0.2) is 12.0 Å². The highest BCUT2D eigenvalue weighted by molar-refractivity contribution is 7.89. The van der Waals surface area contributed by atoms with Crippen molar-refractivity contribution in [1.29, 1.82) is 0 Å². The summed E-state index contributed by atoms with van der Waals surface area (Å²) in [4.78, 5) is 27.6. The van der Waals surface area contributed by atoms with E-state index in [4.69, 9.17) is 4.74 Å². The fourth-order valence-corrected chi connectivity index (χ4v) is 3.39. The fourth-order valence-electron chi connectivity index (χ4n) is 2.15. The second kappa shape index (κ2) is 10.2. The van der Waals surface area contributed by atoms with Crippen LogP contribution in [0.15, 0.2) is 29.2 Å². The highest BCUT2D eigenvalue weighted by atomic mass is 32.2. The zero-order valence-electron chi connectivity index (χ0n) is 16.1. The third-order valence-corrected chi connectivity index (χ3v) is 4.84. The second-order valence-corrected chi connectivity index (χ2v) is 8.53. The van der Waals surface area contributed by atoms with Gasteiger partial charge in [-0.25, -0.2) is 22.8 Å². The van der Waals surface area contributed by atoms with Gasteiger partial charge in [0.25, 0.3) is 4.92 Å². The Morgan fingerprint density at radius 3 is 2.37 bits per heavy atom. The first kappa shape index (κ1) is 22.8. The van der Waals surface area contributed by atoms with Gasteiger partial charge in [-0.3, -0.25) is 0 Å². The van der Waals surface area contributed by atoms with Crippen molar-refractivity contribution in [2.75, 3.05) is 20.2 Å². The Hall–Kier alpha value is -2.20. The maximum atomic E-state index is 12.4. The molecule has 0 spiro atoms. The molecule has 0 aromatic heterocycles. The minimum Gasteiger partial charge on any atom is -0.444 e. The minimum absolute atomic E-state index is 0.0888. The molecule has 1 rings (SSSR count). The number of amides is 1. The Balaban J connectivity index is 2.38. The first-order chi connectivity index (χ1) is 12.6. The van der Waals surface area contributed by atoms with E-state index in [1.54, 1.807) is 26.8 Å². The van der Waals surface area contributed by atoms with Gasteiger partial charge in [-0.15, -0.1) is 0 Å². The number of hydrogen-bond donors (Lipinski definition) is 2. The molecule has 9 nitrogen and oxygen atoms in total. The van der Waals surface area contributed by atoms with Gasteiger partial charge in [0.1, 0.15) is 5.60 Å². The van der Waals surface area contributed by atoms with Gasteiger partial charge in [-0.2, -0.15) is 0 Å². The lowest BCUT2D eigenvalue weighted by molar-refractivity contribution is -0.738. The number of ether oxygens (including phenoxy) is 1. The van der Waals surface area contributed by atoms with Gasteiger partial charge in [-0.1, -0.05) is 18.6 Å². The molecule has 10 heteroatoms. The van der Waals surface area contributed by atoms with Gasteiger partial charge < -0.3 is 10.1 Å². The number of benzene rings is 1. The average Bonchev–Trinajstić information content (AvgIpc) is 2.58. The SMILES string of the molecule is CO[N+](=O)c1ccccc1S(=O)(=O)NCCCCCNC(=O)OC(C)(C)C. The number of sulfonamides is 1. The van der Waals surface area contributed by atoms with Crippen LogP contribution in [-0.2, 0) is 19.6 Å². The van der Waals surface area contributed by atoms with Crippen molar-refractivity contribution in [3.63, 3.8) is 0 Å². The van der Waals surface area contributed by atoms with Gasteiger partial charge in [0.2, 0.25) is 10.0 Å². The maximum Gasteiger partial charge on any atom is 0.407 e. The molecule has 0 saturated carbocycles.